The molecule has 10 aromatic carbocycles. The number of hydrogen-bond donors (Lipinski definition) is 0. The summed E-state index contributed by atoms with van der Waals surface area (Å²) in [5.74, 6) is 0.565. The van der Waals surface area contributed by atoms with E-state index in [-0.39, 0.29) is 102 Å². The van der Waals surface area contributed by atoms with Crippen molar-refractivity contribution in [3.63, 3.8) is 0 Å². The molecule has 2 aliphatic carbocycles. The van der Waals surface area contributed by atoms with E-state index in [0.29, 0.717) is 47.0 Å². The Hall–Kier alpha value is -13.6. The Morgan fingerprint density at radius 2 is 0.485 bits per heavy atom. The smallest absolute Gasteiger partial charge is 0.337 e. The summed E-state index contributed by atoms with van der Waals surface area (Å²) in [5, 5.41) is 43.8. The molecule has 0 aromatic heterocycles. The van der Waals surface area contributed by atoms with Gasteiger partial charge in [-0.3, -0.25) is 0 Å². The average Bonchev–Trinajstić information content (AvgIpc) is 1.52. The summed E-state index contributed by atoms with van der Waals surface area (Å²) < 4.78 is 72.4. The van der Waals surface area contributed by atoms with Crippen LogP contribution in [-0.2, 0) is 35.2 Å². The second kappa shape index (κ2) is 27.9. The van der Waals surface area contributed by atoms with Crippen LogP contribution >= 0.6 is 0 Å². The zero-order chi connectivity index (χ0) is 71.3. The molecule has 0 N–H and O–H groups in total. The van der Waals surface area contributed by atoms with E-state index in [1.165, 1.54) is 77.0 Å². The summed E-state index contributed by atoms with van der Waals surface area (Å²) in [6, 6.07) is 61.0. The molecule has 0 heterocycles. The predicted molar refractivity (Wildman–Crippen MR) is 365 cm³/mol. The summed E-state index contributed by atoms with van der Waals surface area (Å²) >= 11 is 0. The van der Waals surface area contributed by atoms with Crippen LogP contribution in [0.3, 0.4) is 0 Å². The van der Waals surface area contributed by atoms with Gasteiger partial charge < -0.3 is 56.8 Å². The van der Waals surface area contributed by atoms with Crippen molar-refractivity contribution in [3.05, 3.63) is 261 Å². The molecular weight excluding hydrogens is 1280 g/mol. The predicted octanol–water partition coefficient (Wildman–Crippen LogP) is 18.3. The van der Waals surface area contributed by atoms with Gasteiger partial charge in [-0.15, -0.1) is 0 Å². The summed E-state index contributed by atoms with van der Waals surface area (Å²) in [6.07, 6.45) is 0.995. The number of ether oxygens (including phenoxy) is 12. The average molecular weight is 1350 g/mol. The molecule has 0 atom stereocenters. The van der Waals surface area contributed by atoms with E-state index in [0.717, 1.165) is 22.3 Å². The van der Waals surface area contributed by atoms with Crippen molar-refractivity contribution < 1.29 is 76.0 Å². The van der Waals surface area contributed by atoms with Gasteiger partial charge in [-0.1, -0.05) is 52.0 Å². The highest BCUT2D eigenvalue weighted by atomic mass is 16.6. The van der Waals surface area contributed by atoms with Gasteiger partial charge in [0, 0.05) is 5.41 Å². The number of benzene rings is 10. The summed E-state index contributed by atoms with van der Waals surface area (Å²) in [6.45, 7) is 8.49. The van der Waals surface area contributed by atoms with Gasteiger partial charge in [0.1, 0.15) is 116 Å². The number of carbonyl (C=O) groups excluding carboxylic acids is 4. The molecule has 0 aliphatic heterocycles. The van der Waals surface area contributed by atoms with Crippen LogP contribution in [0.4, 0.5) is 0 Å². The first kappa shape index (κ1) is 67.4. The zero-order valence-corrected chi connectivity index (χ0v) is 55.7. The van der Waals surface area contributed by atoms with Crippen LogP contribution in [0.15, 0.2) is 194 Å². The quantitative estimate of drug-likeness (QED) is 0.0506. The molecule has 0 saturated carbocycles. The van der Waals surface area contributed by atoms with Gasteiger partial charge >= 0.3 is 23.9 Å². The summed E-state index contributed by atoms with van der Waals surface area (Å²) in [7, 11) is 5.12. The Morgan fingerprint density at radius 3 is 0.683 bits per heavy atom. The standard InChI is InChI=1S/C81H60N4O16/c1-79(2)45-81(61-39-73(100-69-19-11-15-65(57(69)43-84)96-53-33-25-49(26-34-53)77(88)92-7)71(37-59(61)79)98-67-17-9-13-63(55(67)41-82)94-51-29-21-47(22-30-51)75(86)90-5)46-80(3,4)60-38-72(99-68-18-10-14-64(56(68)42-83)95-52-31-23-48(24-32-52)76(87)91-6)74(40-62(60)81)101-70-20-12-16-66(58(70)44-85)97-54-35-27-50(28-36-54)78(89)93-8/h9-40H,45-46H2,1-8H3. The van der Waals surface area contributed by atoms with Gasteiger partial charge in [-0.2, -0.15) is 21.0 Å². The molecule has 0 saturated heterocycles. The van der Waals surface area contributed by atoms with Gasteiger partial charge in [-0.25, -0.2) is 19.2 Å². The molecule has 2 aliphatic rings. The molecule has 1 spiro atoms. The third-order valence-corrected chi connectivity index (χ3v) is 17.4. The van der Waals surface area contributed by atoms with Crippen molar-refractivity contribution >= 4 is 23.9 Å². The minimum absolute atomic E-state index is 0.00709. The first-order chi connectivity index (χ1) is 48.7. The van der Waals surface area contributed by atoms with Gasteiger partial charge in [0.25, 0.3) is 0 Å². The Balaban J connectivity index is 1.01. The van der Waals surface area contributed by atoms with E-state index in [1.807, 2.05) is 24.3 Å². The molecule has 0 fully saturated rings. The lowest BCUT2D eigenvalue weighted by molar-refractivity contribution is 0.0592. The largest absolute Gasteiger partial charge is 0.465 e. The first-order valence-corrected chi connectivity index (χ1v) is 31.4. The second-order valence-corrected chi connectivity index (χ2v) is 24.7. The van der Waals surface area contributed by atoms with E-state index < -0.39 is 40.1 Å². The fraction of sp³-hybridized carbons (Fsp3) is 0.160. The minimum atomic E-state index is -0.881. The van der Waals surface area contributed by atoms with Crippen LogP contribution in [0, 0.1) is 45.3 Å². The number of hydrogen-bond acceptors (Lipinski definition) is 20. The first-order valence-electron chi connectivity index (χ1n) is 31.4. The maximum atomic E-state index is 12.3. The normalized spacial score (nSPS) is 13.0. The third-order valence-electron chi connectivity index (χ3n) is 17.4. The van der Waals surface area contributed by atoms with Gasteiger partial charge in [0.05, 0.1) is 50.7 Å². The highest BCUT2D eigenvalue weighted by Crippen LogP contribution is 2.66. The van der Waals surface area contributed by atoms with Crippen LogP contribution in [0.2, 0.25) is 0 Å². The molecule has 10 aromatic rings. The lowest BCUT2D eigenvalue weighted by Gasteiger charge is -2.31. The fourth-order valence-corrected chi connectivity index (χ4v) is 12.9. The topological polar surface area (TPSA) is 274 Å². The molecule has 500 valence electrons. The van der Waals surface area contributed by atoms with E-state index in [2.05, 4.69) is 52.0 Å². The van der Waals surface area contributed by atoms with Crippen molar-refractivity contribution in [1.29, 1.82) is 21.0 Å². The SMILES string of the molecule is COC(=O)c1ccc(Oc2cccc(Oc3cc4c(cc3Oc3cccc(Oc5ccc(C(=O)OC)cc5)c3C#N)C3(CC4(C)C)CC(C)(C)c4cc(Oc5cccc(Oc6ccc(C(=O)OC)cc6)c5C#N)c(Oc5cccc(Oc6ccc(C(=O)OC)cc6)c5C#N)cc43)c2C#N)cc1. The van der Waals surface area contributed by atoms with E-state index in [4.69, 9.17) is 56.8 Å². The molecule has 20 heteroatoms. The Bertz CT molecular complexity index is 4810. The number of methoxy groups -OCH3 is 4. The van der Waals surface area contributed by atoms with Gasteiger partial charge in [-0.05, 0) is 216 Å². The van der Waals surface area contributed by atoms with E-state index in [1.54, 1.807) is 121 Å². The molecule has 12 rings (SSSR count). The number of esters is 4. The van der Waals surface area contributed by atoms with Crippen LogP contribution < -0.4 is 37.9 Å². The maximum Gasteiger partial charge on any atom is 0.337 e. The number of nitriles is 4. The van der Waals surface area contributed by atoms with Crippen molar-refractivity contribution in [3.8, 4) is 116 Å². The minimum Gasteiger partial charge on any atom is -0.465 e. The van der Waals surface area contributed by atoms with Crippen LogP contribution in [0.5, 0.6) is 92.0 Å². The van der Waals surface area contributed by atoms with Crippen molar-refractivity contribution in [2.24, 2.45) is 0 Å². The zero-order valence-electron chi connectivity index (χ0n) is 55.7. The Morgan fingerprint density at radius 1 is 0.287 bits per heavy atom. The molecule has 0 amide bonds. The van der Waals surface area contributed by atoms with Gasteiger partial charge in [0.2, 0.25) is 0 Å². The lowest BCUT2D eigenvalue weighted by Crippen LogP contribution is -2.27. The molecule has 20 nitrogen and oxygen atoms in total. The second-order valence-electron chi connectivity index (χ2n) is 24.7. The third kappa shape index (κ3) is 13.4. The maximum absolute atomic E-state index is 12.3. The highest BCUT2D eigenvalue weighted by molar-refractivity contribution is 5.91. The van der Waals surface area contributed by atoms with Crippen molar-refractivity contribution in [2.75, 3.05) is 28.4 Å². The van der Waals surface area contributed by atoms with Crippen LogP contribution in [0.25, 0.3) is 0 Å². The number of rotatable bonds is 20. The molecule has 0 bridgehead atoms. The van der Waals surface area contributed by atoms with Crippen molar-refractivity contribution in [2.45, 2.75) is 56.8 Å². The number of fused-ring (bicyclic) bond motifs is 4. The van der Waals surface area contributed by atoms with Crippen molar-refractivity contribution in [1.82, 2.24) is 0 Å². The number of carbonyl (C=O) groups is 4. The van der Waals surface area contributed by atoms with E-state index >= 15 is 0 Å². The molecule has 0 radical (unpaired) electrons. The Labute approximate surface area is 580 Å². The van der Waals surface area contributed by atoms with Crippen LogP contribution in [0.1, 0.15) is 126 Å². The summed E-state index contributed by atoms with van der Waals surface area (Å²) in [5.41, 5.74) is 2.39. The highest BCUT2D eigenvalue weighted by Gasteiger charge is 2.57. The fourth-order valence-electron chi connectivity index (χ4n) is 12.9. The monoisotopic (exact) mass is 1340 g/mol. The van der Waals surface area contributed by atoms with Crippen LogP contribution in [-0.4, -0.2) is 52.3 Å². The molecule has 101 heavy (non-hydrogen) atoms. The molecule has 0 unspecified atom stereocenters. The Kier molecular flexibility index (Phi) is 18.6. The molecular formula is C81H60N4O16. The lowest BCUT2D eigenvalue weighted by atomic mass is 9.72. The van der Waals surface area contributed by atoms with Gasteiger partial charge in [0.15, 0.2) is 23.0 Å². The van der Waals surface area contributed by atoms with E-state index in [9.17, 15) is 40.2 Å². The number of nitrogens with zero attached hydrogens (tertiary/aromatic N) is 4. The summed E-state index contributed by atoms with van der Waals surface area (Å²) in [4.78, 5) is 49.2.